The first-order chi connectivity index (χ1) is 10.7. The summed E-state index contributed by atoms with van der Waals surface area (Å²) >= 11 is 0. The predicted octanol–water partition coefficient (Wildman–Crippen LogP) is 3.59. The Morgan fingerprint density at radius 3 is 1.78 bits per heavy atom. The van der Waals surface area contributed by atoms with Crippen LogP contribution in [-0.4, -0.2) is 22.2 Å². The predicted molar refractivity (Wildman–Crippen MR) is 98.6 cm³/mol. The molecule has 0 unspecified atom stereocenters. The van der Waals surface area contributed by atoms with Crippen LogP contribution in [0.1, 0.15) is 81.7 Å². The van der Waals surface area contributed by atoms with Gasteiger partial charge < -0.3 is 10.0 Å². The molecule has 0 saturated carbocycles. The van der Waals surface area contributed by atoms with Crippen molar-refractivity contribution >= 4 is 23.5 Å². The molecule has 1 aromatic carbocycles. The van der Waals surface area contributed by atoms with Gasteiger partial charge in [-0.3, -0.25) is 4.98 Å². The maximum atomic E-state index is 9.81. The Balaban J connectivity index is 3.07. The van der Waals surface area contributed by atoms with E-state index in [1.807, 2.05) is 6.07 Å². The molecule has 0 amide bonds. The lowest BCUT2D eigenvalue weighted by atomic mass is 9.71. The zero-order valence-electron chi connectivity index (χ0n) is 15.3. The summed E-state index contributed by atoms with van der Waals surface area (Å²) in [6.07, 6.45) is 0. The van der Waals surface area contributed by atoms with Crippen LogP contribution in [0.5, 0.6) is 0 Å². The molecule has 2 rings (SSSR count). The number of nitrogens with zero attached hydrogens (tertiary/aromatic N) is 1. The lowest BCUT2D eigenvalue weighted by Gasteiger charge is -2.25. The molecule has 2 N–H and O–H groups in total. The molecule has 0 aliphatic carbocycles. The summed E-state index contributed by atoms with van der Waals surface area (Å²) in [7, 11) is -1.46. The molecule has 23 heavy (non-hydrogen) atoms. The summed E-state index contributed by atoms with van der Waals surface area (Å²) in [5.74, 6) is 0.921. The highest BCUT2D eigenvalue weighted by Crippen LogP contribution is 2.37. The fourth-order valence-electron chi connectivity index (χ4n) is 3.75. The van der Waals surface area contributed by atoms with Gasteiger partial charge in [0.05, 0.1) is 5.52 Å². The topological polar surface area (TPSA) is 53.4 Å². The van der Waals surface area contributed by atoms with Gasteiger partial charge in [-0.05, 0) is 52.9 Å². The minimum Gasteiger partial charge on any atom is -0.423 e. The second-order valence-electron chi connectivity index (χ2n) is 7.32. The maximum Gasteiger partial charge on any atom is 0.488 e. The number of aryl methyl sites for hydroxylation is 1. The highest BCUT2D eigenvalue weighted by Gasteiger charge is 2.25. The largest absolute Gasteiger partial charge is 0.488 e. The van der Waals surface area contributed by atoms with E-state index >= 15 is 0 Å². The molecule has 0 radical (unpaired) electrons. The Hall–Kier alpha value is -1.39. The van der Waals surface area contributed by atoms with Gasteiger partial charge in [0.25, 0.3) is 0 Å². The van der Waals surface area contributed by atoms with E-state index in [9.17, 15) is 10.0 Å². The molecule has 0 spiro atoms. The normalized spacial score (nSPS) is 12.0. The van der Waals surface area contributed by atoms with Crippen molar-refractivity contribution in [3.05, 3.63) is 34.5 Å². The van der Waals surface area contributed by atoms with Crippen LogP contribution in [-0.2, 0) is 0 Å². The van der Waals surface area contributed by atoms with Crippen molar-refractivity contribution in [1.82, 2.24) is 4.98 Å². The Labute approximate surface area is 139 Å². The average molecular weight is 313 g/mol. The molecular weight excluding hydrogens is 285 g/mol. The minimum absolute atomic E-state index is 0.192. The standard InChI is InChI=1S/C19H28BNO2/c1-10(2)16-13(7)21-15-9-8-14(20(22)23)17(11(3)4)19(15)18(16)12(5)6/h8-12,22-23H,1-7H3. The van der Waals surface area contributed by atoms with Gasteiger partial charge in [0.15, 0.2) is 0 Å². The number of benzene rings is 1. The molecule has 0 atom stereocenters. The molecule has 0 saturated heterocycles. The molecular formula is C19H28BNO2. The molecule has 4 heteroatoms. The number of hydrogen-bond donors (Lipinski definition) is 2. The number of fused-ring (bicyclic) bond motifs is 1. The lowest BCUT2D eigenvalue weighted by molar-refractivity contribution is 0.425. The van der Waals surface area contributed by atoms with Gasteiger partial charge in [-0.25, -0.2) is 0 Å². The van der Waals surface area contributed by atoms with E-state index in [4.69, 9.17) is 4.98 Å². The van der Waals surface area contributed by atoms with Gasteiger partial charge in [0.1, 0.15) is 0 Å². The minimum atomic E-state index is -1.46. The number of pyridine rings is 1. The molecule has 0 aliphatic rings. The molecule has 0 fully saturated rings. The number of aromatic nitrogens is 1. The summed E-state index contributed by atoms with van der Waals surface area (Å²) < 4.78 is 0. The highest BCUT2D eigenvalue weighted by atomic mass is 16.4. The van der Waals surface area contributed by atoms with Gasteiger partial charge in [-0.1, -0.05) is 47.6 Å². The Morgan fingerprint density at radius 2 is 1.35 bits per heavy atom. The smallest absolute Gasteiger partial charge is 0.423 e. The van der Waals surface area contributed by atoms with Crippen LogP contribution in [0.15, 0.2) is 12.1 Å². The first-order valence-electron chi connectivity index (χ1n) is 8.49. The number of hydrogen-bond acceptors (Lipinski definition) is 3. The molecule has 1 heterocycles. The van der Waals surface area contributed by atoms with Crippen LogP contribution in [0.3, 0.4) is 0 Å². The Morgan fingerprint density at radius 1 is 0.826 bits per heavy atom. The van der Waals surface area contributed by atoms with Crippen LogP contribution in [0.4, 0.5) is 0 Å². The first-order valence-corrected chi connectivity index (χ1v) is 8.49. The summed E-state index contributed by atoms with van der Waals surface area (Å²) in [5, 5.41) is 20.7. The van der Waals surface area contributed by atoms with Gasteiger partial charge >= 0.3 is 7.12 Å². The van der Waals surface area contributed by atoms with E-state index in [2.05, 4.69) is 48.5 Å². The van der Waals surface area contributed by atoms with Crippen molar-refractivity contribution in [2.24, 2.45) is 0 Å². The van der Waals surface area contributed by atoms with Crippen LogP contribution in [0.25, 0.3) is 10.9 Å². The Kier molecular flexibility index (Phi) is 5.17. The summed E-state index contributed by atoms with van der Waals surface area (Å²) in [5.41, 5.74) is 6.21. The van der Waals surface area contributed by atoms with Crippen LogP contribution < -0.4 is 5.46 Å². The molecule has 2 aromatic rings. The Bertz CT molecular complexity index is 721. The third-order valence-corrected chi connectivity index (χ3v) is 4.50. The van der Waals surface area contributed by atoms with Gasteiger partial charge in [-0.15, -0.1) is 0 Å². The van der Waals surface area contributed by atoms with E-state index in [0.717, 1.165) is 22.2 Å². The van der Waals surface area contributed by atoms with Gasteiger partial charge in [-0.2, -0.15) is 0 Å². The van der Waals surface area contributed by atoms with E-state index in [-0.39, 0.29) is 5.92 Å². The van der Waals surface area contributed by atoms with Crippen molar-refractivity contribution in [3.8, 4) is 0 Å². The third kappa shape index (κ3) is 3.15. The fraction of sp³-hybridized carbons (Fsp3) is 0.526. The van der Waals surface area contributed by atoms with Crippen LogP contribution in [0, 0.1) is 6.92 Å². The van der Waals surface area contributed by atoms with Crippen molar-refractivity contribution in [1.29, 1.82) is 0 Å². The van der Waals surface area contributed by atoms with E-state index in [1.165, 1.54) is 11.1 Å². The molecule has 0 bridgehead atoms. The third-order valence-electron chi connectivity index (χ3n) is 4.50. The van der Waals surface area contributed by atoms with Crippen LogP contribution in [0.2, 0.25) is 0 Å². The lowest BCUT2D eigenvalue weighted by Crippen LogP contribution is -2.34. The molecule has 3 nitrogen and oxygen atoms in total. The van der Waals surface area contributed by atoms with Crippen molar-refractivity contribution in [2.45, 2.75) is 66.2 Å². The van der Waals surface area contributed by atoms with Gasteiger partial charge in [0, 0.05) is 11.1 Å². The zero-order valence-corrected chi connectivity index (χ0v) is 15.3. The maximum absolute atomic E-state index is 9.81. The summed E-state index contributed by atoms with van der Waals surface area (Å²) in [6, 6.07) is 3.72. The molecule has 124 valence electrons. The second kappa shape index (κ2) is 6.62. The van der Waals surface area contributed by atoms with E-state index in [1.54, 1.807) is 6.07 Å². The quantitative estimate of drug-likeness (QED) is 0.848. The van der Waals surface area contributed by atoms with Crippen molar-refractivity contribution in [3.63, 3.8) is 0 Å². The first kappa shape index (κ1) is 18.0. The van der Waals surface area contributed by atoms with Gasteiger partial charge in [0.2, 0.25) is 0 Å². The molecule has 0 aliphatic heterocycles. The number of rotatable bonds is 4. The van der Waals surface area contributed by atoms with Crippen molar-refractivity contribution in [2.75, 3.05) is 0 Å². The summed E-state index contributed by atoms with van der Waals surface area (Å²) in [6.45, 7) is 15.1. The summed E-state index contributed by atoms with van der Waals surface area (Å²) in [4.78, 5) is 4.82. The average Bonchev–Trinajstić information content (AvgIpc) is 2.43. The van der Waals surface area contributed by atoms with E-state index in [0.29, 0.717) is 17.3 Å². The van der Waals surface area contributed by atoms with Crippen molar-refractivity contribution < 1.29 is 10.0 Å². The highest BCUT2D eigenvalue weighted by molar-refractivity contribution is 6.59. The SMILES string of the molecule is Cc1nc2ccc(B(O)O)c(C(C)C)c2c(C(C)C)c1C(C)C. The fourth-order valence-corrected chi connectivity index (χ4v) is 3.75. The molecule has 1 aromatic heterocycles. The van der Waals surface area contributed by atoms with Crippen LogP contribution >= 0.6 is 0 Å². The second-order valence-corrected chi connectivity index (χ2v) is 7.32. The van der Waals surface area contributed by atoms with E-state index < -0.39 is 7.12 Å². The zero-order chi connectivity index (χ0) is 17.5. The monoisotopic (exact) mass is 313 g/mol.